The summed E-state index contributed by atoms with van der Waals surface area (Å²) >= 11 is 0. The largest absolute Gasteiger partial charge is 0.306 e. The molecular weight excluding hydrogens is 232 g/mol. The molecule has 2 rings (SSSR count). The summed E-state index contributed by atoms with van der Waals surface area (Å²) in [7, 11) is 2.27. The third-order valence-electron chi connectivity index (χ3n) is 5.70. The van der Waals surface area contributed by atoms with Gasteiger partial charge in [0.05, 0.1) is 0 Å². The Morgan fingerprint density at radius 2 is 1.68 bits per heavy atom. The molecule has 2 nitrogen and oxygen atoms in total. The first kappa shape index (κ1) is 15.3. The molecule has 2 aliphatic rings. The monoisotopic (exact) mass is 266 g/mol. The standard InChI is InChI=1S/C17H34N2/c1-14(2)15-6-10-19(11-7-15)12-16-8-9-18(5)13-17(16,3)4/h14-16H,6-13H2,1-5H3. The highest BCUT2D eigenvalue weighted by Gasteiger charge is 2.36. The number of piperidine rings is 2. The minimum atomic E-state index is 0.488. The van der Waals surface area contributed by atoms with E-state index in [2.05, 4.69) is 44.5 Å². The van der Waals surface area contributed by atoms with Gasteiger partial charge in [0.2, 0.25) is 0 Å². The van der Waals surface area contributed by atoms with Crippen molar-refractivity contribution in [1.82, 2.24) is 9.80 Å². The highest BCUT2D eigenvalue weighted by molar-refractivity contribution is 4.88. The zero-order chi connectivity index (χ0) is 14.0. The molecule has 0 saturated carbocycles. The van der Waals surface area contributed by atoms with Crippen molar-refractivity contribution in [2.45, 2.75) is 47.0 Å². The van der Waals surface area contributed by atoms with Crippen LogP contribution in [0.5, 0.6) is 0 Å². The maximum absolute atomic E-state index is 2.75. The summed E-state index contributed by atoms with van der Waals surface area (Å²) in [6.07, 6.45) is 4.23. The number of likely N-dealkylation sites (tertiary alicyclic amines) is 2. The van der Waals surface area contributed by atoms with Crippen LogP contribution in [-0.4, -0.2) is 49.6 Å². The predicted octanol–water partition coefficient (Wildman–Crippen LogP) is 3.33. The summed E-state index contributed by atoms with van der Waals surface area (Å²) in [5, 5.41) is 0. The van der Waals surface area contributed by atoms with E-state index in [1.807, 2.05) is 0 Å². The Morgan fingerprint density at radius 1 is 1.05 bits per heavy atom. The highest BCUT2D eigenvalue weighted by atomic mass is 15.2. The Labute approximate surface area is 120 Å². The average molecular weight is 266 g/mol. The molecule has 0 aromatic rings. The van der Waals surface area contributed by atoms with Crippen LogP contribution < -0.4 is 0 Å². The molecule has 0 radical (unpaired) electrons. The van der Waals surface area contributed by atoms with Crippen molar-refractivity contribution in [3.05, 3.63) is 0 Å². The second kappa shape index (κ2) is 6.13. The Bertz CT molecular complexity index is 277. The van der Waals surface area contributed by atoms with Gasteiger partial charge in [0.25, 0.3) is 0 Å². The van der Waals surface area contributed by atoms with Crippen molar-refractivity contribution in [3.8, 4) is 0 Å². The lowest BCUT2D eigenvalue weighted by Gasteiger charge is -2.46. The summed E-state index contributed by atoms with van der Waals surface area (Å²) in [5.74, 6) is 2.74. The van der Waals surface area contributed by atoms with Crippen LogP contribution in [-0.2, 0) is 0 Å². The number of rotatable bonds is 3. The molecule has 0 bridgehead atoms. The van der Waals surface area contributed by atoms with E-state index in [1.165, 1.54) is 52.0 Å². The van der Waals surface area contributed by atoms with Crippen molar-refractivity contribution in [2.24, 2.45) is 23.2 Å². The second-order valence-electron chi connectivity index (χ2n) is 8.09. The van der Waals surface area contributed by atoms with E-state index in [4.69, 9.17) is 0 Å². The number of hydrogen-bond acceptors (Lipinski definition) is 2. The number of hydrogen-bond donors (Lipinski definition) is 0. The third kappa shape index (κ3) is 3.95. The third-order valence-corrected chi connectivity index (χ3v) is 5.70. The lowest BCUT2D eigenvalue weighted by atomic mass is 9.73. The van der Waals surface area contributed by atoms with Gasteiger partial charge >= 0.3 is 0 Å². The summed E-state index contributed by atoms with van der Waals surface area (Å²) in [5.41, 5.74) is 0.488. The van der Waals surface area contributed by atoms with Gasteiger partial charge in [0.1, 0.15) is 0 Å². The minimum Gasteiger partial charge on any atom is -0.306 e. The molecule has 2 heterocycles. The van der Waals surface area contributed by atoms with Crippen molar-refractivity contribution < 1.29 is 0 Å². The molecular formula is C17H34N2. The van der Waals surface area contributed by atoms with E-state index < -0.39 is 0 Å². The van der Waals surface area contributed by atoms with Crippen LogP contribution >= 0.6 is 0 Å². The SMILES string of the molecule is CC(C)C1CCN(CC2CCN(C)CC2(C)C)CC1. The van der Waals surface area contributed by atoms with Gasteiger partial charge in [-0.25, -0.2) is 0 Å². The predicted molar refractivity (Wildman–Crippen MR) is 83.4 cm³/mol. The lowest BCUT2D eigenvalue weighted by molar-refractivity contribution is 0.0333. The Morgan fingerprint density at radius 3 is 2.21 bits per heavy atom. The van der Waals surface area contributed by atoms with Crippen LogP contribution in [0.1, 0.15) is 47.0 Å². The van der Waals surface area contributed by atoms with Crippen LogP contribution in [0.15, 0.2) is 0 Å². The second-order valence-corrected chi connectivity index (χ2v) is 8.09. The van der Waals surface area contributed by atoms with Crippen molar-refractivity contribution in [1.29, 1.82) is 0 Å². The molecule has 19 heavy (non-hydrogen) atoms. The first-order valence-electron chi connectivity index (χ1n) is 8.29. The molecule has 2 saturated heterocycles. The van der Waals surface area contributed by atoms with Gasteiger partial charge in [-0.05, 0) is 69.1 Å². The van der Waals surface area contributed by atoms with Gasteiger partial charge in [-0.1, -0.05) is 27.7 Å². The summed E-state index contributed by atoms with van der Waals surface area (Å²) in [6.45, 7) is 16.3. The van der Waals surface area contributed by atoms with Crippen LogP contribution in [0.2, 0.25) is 0 Å². The van der Waals surface area contributed by atoms with Crippen LogP contribution in [0, 0.1) is 23.2 Å². The van der Waals surface area contributed by atoms with Gasteiger partial charge in [-0.15, -0.1) is 0 Å². The Hall–Kier alpha value is -0.0800. The van der Waals surface area contributed by atoms with Crippen molar-refractivity contribution in [2.75, 3.05) is 39.8 Å². The highest BCUT2D eigenvalue weighted by Crippen LogP contribution is 2.36. The Balaban J connectivity index is 1.82. The maximum Gasteiger partial charge on any atom is 0.00328 e. The van der Waals surface area contributed by atoms with Gasteiger partial charge in [-0.3, -0.25) is 0 Å². The molecule has 2 heteroatoms. The van der Waals surface area contributed by atoms with Gasteiger partial charge < -0.3 is 9.80 Å². The minimum absolute atomic E-state index is 0.488. The first-order valence-corrected chi connectivity index (χ1v) is 8.29. The normalized spacial score (nSPS) is 30.9. The molecule has 0 aromatic heterocycles. The molecule has 2 fully saturated rings. The van der Waals surface area contributed by atoms with Crippen LogP contribution in [0.3, 0.4) is 0 Å². The fourth-order valence-electron chi connectivity index (χ4n) is 4.12. The van der Waals surface area contributed by atoms with Gasteiger partial charge in [0, 0.05) is 13.1 Å². The zero-order valence-electron chi connectivity index (χ0n) is 13.8. The van der Waals surface area contributed by atoms with E-state index in [0.29, 0.717) is 5.41 Å². The molecule has 0 aliphatic carbocycles. The smallest absolute Gasteiger partial charge is 0.00328 e. The summed E-state index contributed by atoms with van der Waals surface area (Å²) < 4.78 is 0. The van der Waals surface area contributed by atoms with E-state index >= 15 is 0 Å². The van der Waals surface area contributed by atoms with Crippen LogP contribution in [0.25, 0.3) is 0 Å². The molecule has 0 spiro atoms. The fourth-order valence-corrected chi connectivity index (χ4v) is 4.12. The number of nitrogens with zero attached hydrogens (tertiary/aromatic N) is 2. The molecule has 0 aromatic carbocycles. The summed E-state index contributed by atoms with van der Waals surface area (Å²) in [6, 6.07) is 0. The maximum atomic E-state index is 2.75. The lowest BCUT2D eigenvalue weighted by Crippen LogP contribution is -2.49. The first-order chi connectivity index (χ1) is 8.88. The molecule has 0 N–H and O–H groups in total. The topological polar surface area (TPSA) is 6.48 Å². The molecule has 2 aliphatic heterocycles. The molecule has 1 unspecified atom stereocenters. The van der Waals surface area contributed by atoms with Gasteiger partial charge in [-0.2, -0.15) is 0 Å². The molecule has 0 amide bonds. The fraction of sp³-hybridized carbons (Fsp3) is 1.00. The summed E-state index contributed by atoms with van der Waals surface area (Å²) in [4.78, 5) is 5.25. The van der Waals surface area contributed by atoms with Gasteiger partial charge in [0.15, 0.2) is 0 Å². The Kier molecular flexibility index (Phi) is 4.94. The molecule has 112 valence electrons. The van der Waals surface area contributed by atoms with Crippen molar-refractivity contribution in [3.63, 3.8) is 0 Å². The van der Waals surface area contributed by atoms with E-state index in [9.17, 15) is 0 Å². The van der Waals surface area contributed by atoms with Crippen molar-refractivity contribution >= 4 is 0 Å². The zero-order valence-corrected chi connectivity index (χ0v) is 13.8. The van der Waals surface area contributed by atoms with Crippen LogP contribution in [0.4, 0.5) is 0 Å². The van der Waals surface area contributed by atoms with E-state index in [1.54, 1.807) is 0 Å². The quantitative estimate of drug-likeness (QED) is 0.773. The average Bonchev–Trinajstić information content (AvgIpc) is 2.33. The van der Waals surface area contributed by atoms with E-state index in [-0.39, 0.29) is 0 Å². The molecule has 1 atom stereocenters. The van der Waals surface area contributed by atoms with E-state index in [0.717, 1.165) is 17.8 Å².